The zero-order chi connectivity index (χ0) is 25.2. The summed E-state index contributed by atoms with van der Waals surface area (Å²) in [7, 11) is 0. The highest BCUT2D eigenvalue weighted by Crippen LogP contribution is 2.24. The number of amides is 1. The number of H-pyrrole nitrogens is 1. The second kappa shape index (κ2) is 10.1. The number of halogens is 2. The van der Waals surface area contributed by atoms with E-state index in [-0.39, 0.29) is 18.2 Å². The molecule has 0 saturated carbocycles. The monoisotopic (exact) mass is 522 g/mol. The molecule has 1 amide bonds. The lowest BCUT2D eigenvalue weighted by Crippen LogP contribution is -2.23. The van der Waals surface area contributed by atoms with E-state index in [2.05, 4.69) is 25.5 Å². The fourth-order valence-corrected chi connectivity index (χ4v) is 4.72. The summed E-state index contributed by atoms with van der Waals surface area (Å²) in [5.41, 5.74) is 4.11. The van der Waals surface area contributed by atoms with E-state index in [1.54, 1.807) is 42.5 Å². The van der Waals surface area contributed by atoms with E-state index < -0.39 is 16.9 Å². The Morgan fingerprint density at radius 1 is 1.14 bits per heavy atom. The van der Waals surface area contributed by atoms with Crippen molar-refractivity contribution in [2.24, 2.45) is 0 Å². The molecule has 0 aliphatic carbocycles. The van der Waals surface area contributed by atoms with Crippen LogP contribution < -0.4 is 5.32 Å². The molecule has 1 atom stereocenters. The lowest BCUT2D eigenvalue weighted by Gasteiger charge is -2.12. The van der Waals surface area contributed by atoms with Crippen LogP contribution in [0, 0.1) is 5.82 Å². The van der Waals surface area contributed by atoms with Gasteiger partial charge in [-0.05, 0) is 53.6 Å². The minimum absolute atomic E-state index is 0.228. The molecule has 0 spiro atoms. The summed E-state index contributed by atoms with van der Waals surface area (Å²) in [4.78, 5) is 21.2. The molecule has 5 aromatic rings. The molecule has 5 rings (SSSR count). The number of carbonyl (C=O) groups is 1. The van der Waals surface area contributed by atoms with Crippen LogP contribution in [0.5, 0.6) is 0 Å². The van der Waals surface area contributed by atoms with Crippen LogP contribution in [-0.4, -0.2) is 34.8 Å². The van der Waals surface area contributed by atoms with Crippen LogP contribution in [0.3, 0.4) is 0 Å². The lowest BCUT2D eigenvalue weighted by atomic mass is 10.0. The number of benzene rings is 2. The van der Waals surface area contributed by atoms with Gasteiger partial charge in [0.25, 0.3) is 5.91 Å². The number of fused-ring (bicyclic) bond motifs is 2. The molecule has 8 nitrogen and oxygen atoms in total. The van der Waals surface area contributed by atoms with Gasteiger partial charge in [0.1, 0.15) is 5.82 Å². The minimum Gasteiger partial charge on any atom is -0.772 e. The van der Waals surface area contributed by atoms with Crippen molar-refractivity contribution in [1.29, 1.82) is 0 Å². The smallest absolute Gasteiger partial charge is 0.251 e. The molecular weight excluding hydrogens is 505 g/mol. The first kappa shape index (κ1) is 24.0. The number of aromatic nitrogens is 4. The molecule has 11 heteroatoms. The van der Waals surface area contributed by atoms with Crippen LogP contribution >= 0.6 is 11.6 Å². The van der Waals surface area contributed by atoms with Crippen molar-refractivity contribution in [2.45, 2.75) is 18.7 Å². The summed E-state index contributed by atoms with van der Waals surface area (Å²) in [5.74, 6) is -1.06. The molecule has 0 fully saturated rings. The Balaban J connectivity index is 1.35. The molecule has 0 radical (unpaired) electrons. The van der Waals surface area contributed by atoms with E-state index in [1.807, 2.05) is 0 Å². The average Bonchev–Trinajstić information content (AvgIpc) is 3.24. The van der Waals surface area contributed by atoms with Crippen molar-refractivity contribution >= 4 is 50.4 Å². The normalized spacial score (nSPS) is 12.2. The second-order valence-electron chi connectivity index (χ2n) is 8.19. The van der Waals surface area contributed by atoms with Gasteiger partial charge in [-0.3, -0.25) is 24.1 Å². The molecule has 0 saturated heterocycles. The van der Waals surface area contributed by atoms with Crippen molar-refractivity contribution in [2.75, 3.05) is 0 Å². The maximum absolute atomic E-state index is 13.8. The molecule has 0 aliphatic rings. The fraction of sp³-hybridized carbons (Fsp3) is 0.120. The van der Waals surface area contributed by atoms with Crippen molar-refractivity contribution in [3.63, 3.8) is 0 Å². The Kier molecular flexibility index (Phi) is 6.73. The van der Waals surface area contributed by atoms with Gasteiger partial charge in [-0.2, -0.15) is 5.10 Å². The van der Waals surface area contributed by atoms with Gasteiger partial charge in [-0.25, -0.2) is 4.39 Å². The van der Waals surface area contributed by atoms with Crippen LogP contribution in [0.25, 0.3) is 21.8 Å². The molecule has 3 heterocycles. The van der Waals surface area contributed by atoms with Crippen LogP contribution in [0.15, 0.2) is 60.9 Å². The fourth-order valence-electron chi connectivity index (χ4n) is 4.07. The first-order chi connectivity index (χ1) is 17.4. The van der Waals surface area contributed by atoms with Gasteiger partial charge in [0.15, 0.2) is 0 Å². The van der Waals surface area contributed by atoms with E-state index in [0.29, 0.717) is 39.2 Å². The summed E-state index contributed by atoms with van der Waals surface area (Å²) in [5, 5.41) is 11.9. The highest BCUT2D eigenvalue weighted by molar-refractivity contribution is 7.78. The quantitative estimate of drug-likeness (QED) is 0.309. The Morgan fingerprint density at radius 3 is 2.83 bits per heavy atom. The third-order valence-electron chi connectivity index (χ3n) is 5.65. The number of carbonyl (C=O) groups excluding carboxylic acids is 1. The summed E-state index contributed by atoms with van der Waals surface area (Å²) >= 11 is 3.74. The van der Waals surface area contributed by atoms with Gasteiger partial charge in [0.05, 0.1) is 29.5 Å². The number of nitrogens with one attached hydrogen (secondary N) is 2. The molecule has 0 bridgehead atoms. The predicted octanol–water partition coefficient (Wildman–Crippen LogP) is 4.20. The maximum Gasteiger partial charge on any atom is 0.251 e. The Bertz CT molecular complexity index is 1640. The predicted molar refractivity (Wildman–Crippen MR) is 134 cm³/mol. The summed E-state index contributed by atoms with van der Waals surface area (Å²) < 4.78 is 36.4. The molecule has 36 heavy (non-hydrogen) atoms. The van der Waals surface area contributed by atoms with E-state index >= 15 is 0 Å². The van der Waals surface area contributed by atoms with Gasteiger partial charge in [0, 0.05) is 45.4 Å². The number of rotatable bonds is 7. The SMILES string of the molecule is O=C(NCc1[nH]nc2ccc(Cl)cc12)c1ccnc(Cc2cc(CS(=O)[O-])c3ncc(F)cc3c2)c1. The first-order valence-corrected chi connectivity index (χ1v) is 12.5. The van der Waals surface area contributed by atoms with Gasteiger partial charge in [-0.15, -0.1) is 0 Å². The number of hydrogen-bond donors (Lipinski definition) is 2. The Hall–Kier alpha value is -3.73. The first-order valence-electron chi connectivity index (χ1n) is 10.8. The van der Waals surface area contributed by atoms with Crippen molar-refractivity contribution in [3.05, 3.63) is 99.8 Å². The van der Waals surface area contributed by atoms with Gasteiger partial charge in [0.2, 0.25) is 0 Å². The standard InChI is InChI=1S/C25H19ClFN5O3S/c26-18-1-2-22-21(10-18)23(32-31-22)12-30-25(33)15-3-4-28-20(9-15)7-14-5-16-8-19(27)11-29-24(16)17(6-14)13-36(34)35/h1-6,8-11H,7,12-13H2,(H,30,33)(H,31,32)(H,34,35)/p-1. The van der Waals surface area contributed by atoms with E-state index in [4.69, 9.17) is 11.6 Å². The zero-order valence-electron chi connectivity index (χ0n) is 18.6. The Labute approximate surface area is 212 Å². The highest BCUT2D eigenvalue weighted by atomic mass is 35.5. The van der Waals surface area contributed by atoms with Gasteiger partial charge < -0.3 is 9.87 Å². The minimum atomic E-state index is -2.33. The van der Waals surface area contributed by atoms with Crippen molar-refractivity contribution in [1.82, 2.24) is 25.5 Å². The van der Waals surface area contributed by atoms with Crippen LogP contribution in [-0.2, 0) is 29.8 Å². The van der Waals surface area contributed by atoms with Crippen molar-refractivity contribution in [3.8, 4) is 0 Å². The molecule has 182 valence electrons. The average molecular weight is 523 g/mol. The third kappa shape index (κ3) is 5.25. The van der Waals surface area contributed by atoms with E-state index in [1.165, 1.54) is 12.3 Å². The summed E-state index contributed by atoms with van der Waals surface area (Å²) in [6, 6.07) is 13.4. The number of pyridine rings is 2. The maximum atomic E-state index is 13.8. The third-order valence-corrected chi connectivity index (χ3v) is 6.43. The highest BCUT2D eigenvalue weighted by Gasteiger charge is 2.12. The molecule has 2 aromatic carbocycles. The molecule has 2 N–H and O–H groups in total. The number of aromatic amines is 1. The Morgan fingerprint density at radius 2 is 2.00 bits per heavy atom. The molecule has 3 aromatic heterocycles. The van der Waals surface area contributed by atoms with E-state index in [9.17, 15) is 17.9 Å². The topological polar surface area (TPSA) is 124 Å². The summed E-state index contributed by atoms with van der Waals surface area (Å²) in [6.07, 6.45) is 2.91. The lowest BCUT2D eigenvalue weighted by molar-refractivity contribution is 0.0950. The second-order valence-corrected chi connectivity index (χ2v) is 9.52. The van der Waals surface area contributed by atoms with Gasteiger partial charge in [-0.1, -0.05) is 28.7 Å². The number of hydrogen-bond acceptors (Lipinski definition) is 6. The molecule has 1 unspecified atom stereocenters. The molecular formula is C25H18ClFN5O3S-. The summed E-state index contributed by atoms with van der Waals surface area (Å²) in [6.45, 7) is 0.228. The van der Waals surface area contributed by atoms with E-state index in [0.717, 1.165) is 28.4 Å². The number of nitrogens with zero attached hydrogens (tertiary/aromatic N) is 3. The largest absolute Gasteiger partial charge is 0.772 e. The van der Waals surface area contributed by atoms with Gasteiger partial charge >= 0.3 is 0 Å². The zero-order valence-corrected chi connectivity index (χ0v) is 20.2. The van der Waals surface area contributed by atoms with Crippen LogP contribution in [0.2, 0.25) is 5.02 Å². The van der Waals surface area contributed by atoms with Crippen molar-refractivity contribution < 1.29 is 17.9 Å². The molecule has 0 aliphatic heterocycles. The van der Waals surface area contributed by atoms with Crippen LogP contribution in [0.4, 0.5) is 4.39 Å². The van der Waals surface area contributed by atoms with Crippen LogP contribution in [0.1, 0.15) is 32.9 Å².